The topological polar surface area (TPSA) is 64.0 Å². The number of hydrogen-bond acceptors (Lipinski definition) is 4. The highest BCUT2D eigenvalue weighted by atomic mass is 127. The van der Waals surface area contributed by atoms with Crippen molar-refractivity contribution >= 4 is 73.1 Å². The zero-order valence-electron chi connectivity index (χ0n) is 15.3. The third-order valence-electron chi connectivity index (χ3n) is 4.59. The number of carbonyl (C=O) groups is 2. The van der Waals surface area contributed by atoms with E-state index >= 15 is 0 Å². The van der Waals surface area contributed by atoms with Crippen molar-refractivity contribution in [3.05, 3.63) is 79.6 Å². The van der Waals surface area contributed by atoms with Gasteiger partial charge in [0.25, 0.3) is 11.7 Å². The maximum absolute atomic E-state index is 13.0. The predicted molar refractivity (Wildman–Crippen MR) is 125 cm³/mol. The summed E-state index contributed by atoms with van der Waals surface area (Å²) in [5, 5.41) is 4.14. The first-order chi connectivity index (χ1) is 13.9. The number of amides is 1. The van der Waals surface area contributed by atoms with E-state index in [-0.39, 0.29) is 0 Å². The second-order valence-corrected chi connectivity index (χ2v) is 9.82. The van der Waals surface area contributed by atoms with Crippen LogP contribution in [-0.4, -0.2) is 21.2 Å². The normalized spacial score (nSPS) is 11.0. The van der Waals surface area contributed by atoms with Gasteiger partial charge in [0.2, 0.25) is 0 Å². The van der Waals surface area contributed by atoms with Crippen molar-refractivity contribution in [1.82, 2.24) is 9.55 Å². The van der Waals surface area contributed by atoms with E-state index in [1.807, 2.05) is 37.3 Å². The van der Waals surface area contributed by atoms with Crippen LogP contribution in [0.2, 0.25) is 5.02 Å². The molecule has 1 amide bonds. The molecule has 1 aromatic carbocycles. The average Bonchev–Trinajstić information content (AvgIpc) is 3.19. The summed E-state index contributed by atoms with van der Waals surface area (Å²) < 4.78 is 3.14. The minimum atomic E-state index is -0.661. The molecule has 0 atom stereocenters. The van der Waals surface area contributed by atoms with Crippen LogP contribution >= 0.6 is 45.5 Å². The number of nitrogens with zero attached hydrogens (tertiary/aromatic N) is 2. The fraction of sp³-hybridized carbons (Fsp3) is 0.0952. The van der Waals surface area contributed by atoms with Crippen molar-refractivity contribution in [1.29, 1.82) is 0 Å². The SMILES string of the molecule is Cc1c(C(=O)C(=O)Nc2ccncc2)c2cc(I)sc2n1Cc1ccc(Cl)cc1. The fourth-order valence-corrected chi connectivity index (χ4v) is 5.21. The maximum atomic E-state index is 13.0. The summed E-state index contributed by atoms with van der Waals surface area (Å²) in [5.74, 6) is -1.21. The third kappa shape index (κ3) is 4.08. The summed E-state index contributed by atoms with van der Waals surface area (Å²) in [6.07, 6.45) is 3.13. The zero-order valence-corrected chi connectivity index (χ0v) is 19.0. The number of hydrogen-bond donors (Lipinski definition) is 1. The molecule has 3 heterocycles. The van der Waals surface area contributed by atoms with Crippen molar-refractivity contribution in [2.75, 3.05) is 5.32 Å². The van der Waals surface area contributed by atoms with Gasteiger partial charge in [0.15, 0.2) is 0 Å². The molecular formula is C21H15ClIN3O2S. The number of thiophene rings is 1. The van der Waals surface area contributed by atoms with Crippen molar-refractivity contribution in [3.8, 4) is 0 Å². The molecule has 0 spiro atoms. The minimum absolute atomic E-state index is 0.444. The Kier molecular flexibility index (Phi) is 5.71. The lowest BCUT2D eigenvalue weighted by atomic mass is 10.1. The summed E-state index contributed by atoms with van der Waals surface area (Å²) in [7, 11) is 0. The van der Waals surface area contributed by atoms with Crippen LogP contribution in [0.4, 0.5) is 5.69 Å². The Labute approximate surface area is 189 Å². The fourth-order valence-electron chi connectivity index (χ4n) is 3.20. The molecule has 0 saturated carbocycles. The molecule has 4 aromatic rings. The lowest BCUT2D eigenvalue weighted by Gasteiger charge is -2.09. The molecule has 0 aliphatic heterocycles. The maximum Gasteiger partial charge on any atom is 0.296 e. The monoisotopic (exact) mass is 535 g/mol. The van der Waals surface area contributed by atoms with E-state index in [0.717, 1.165) is 24.4 Å². The van der Waals surface area contributed by atoms with Crippen LogP contribution in [0.25, 0.3) is 10.2 Å². The van der Waals surface area contributed by atoms with Crippen LogP contribution in [-0.2, 0) is 11.3 Å². The Morgan fingerprint density at radius 2 is 1.86 bits per heavy atom. The number of carbonyl (C=O) groups excluding carboxylic acids is 2. The molecule has 29 heavy (non-hydrogen) atoms. The lowest BCUT2D eigenvalue weighted by Crippen LogP contribution is -2.23. The molecular weight excluding hydrogens is 521 g/mol. The third-order valence-corrected chi connectivity index (χ3v) is 6.76. The quantitative estimate of drug-likeness (QED) is 0.208. The number of anilines is 1. The molecule has 146 valence electrons. The molecule has 0 radical (unpaired) electrons. The summed E-state index contributed by atoms with van der Waals surface area (Å²) in [4.78, 5) is 30.6. The molecule has 3 aromatic heterocycles. The molecule has 0 fully saturated rings. The average molecular weight is 536 g/mol. The summed E-state index contributed by atoms with van der Waals surface area (Å²) >= 11 is 9.83. The molecule has 0 aliphatic rings. The molecule has 0 bridgehead atoms. The predicted octanol–water partition coefficient (Wildman–Crippen LogP) is 5.53. The Morgan fingerprint density at radius 3 is 2.55 bits per heavy atom. The second-order valence-electron chi connectivity index (χ2n) is 6.46. The first-order valence-electron chi connectivity index (χ1n) is 8.72. The van der Waals surface area contributed by atoms with E-state index in [2.05, 4.69) is 37.5 Å². The van der Waals surface area contributed by atoms with Gasteiger partial charge in [-0.15, -0.1) is 11.3 Å². The Balaban J connectivity index is 1.72. The van der Waals surface area contributed by atoms with Crippen molar-refractivity contribution in [3.63, 3.8) is 0 Å². The summed E-state index contributed by atoms with van der Waals surface area (Å²) in [5.41, 5.74) is 2.82. The molecule has 8 heteroatoms. The number of pyridine rings is 1. The standard InChI is InChI=1S/C21H15ClIN3O2S/c1-12-18(19(27)20(28)25-15-6-8-24-9-7-15)16-10-17(23)29-21(16)26(12)11-13-2-4-14(22)5-3-13/h2-10H,11H2,1H3,(H,24,25,28). The van der Waals surface area contributed by atoms with Gasteiger partial charge >= 0.3 is 0 Å². The molecule has 5 nitrogen and oxygen atoms in total. The number of ketones is 1. The molecule has 0 unspecified atom stereocenters. The first kappa shape index (κ1) is 20.1. The van der Waals surface area contributed by atoms with Crippen molar-refractivity contribution in [2.24, 2.45) is 0 Å². The van der Waals surface area contributed by atoms with Gasteiger partial charge < -0.3 is 9.88 Å². The van der Waals surface area contributed by atoms with Gasteiger partial charge in [0, 0.05) is 40.7 Å². The molecule has 1 N–H and O–H groups in total. The van der Waals surface area contributed by atoms with Crippen molar-refractivity contribution in [2.45, 2.75) is 13.5 Å². The van der Waals surface area contributed by atoms with Crippen LogP contribution in [0.15, 0.2) is 54.9 Å². The van der Waals surface area contributed by atoms with E-state index in [1.165, 1.54) is 0 Å². The van der Waals surface area contributed by atoms with Crippen LogP contribution in [0.5, 0.6) is 0 Å². The van der Waals surface area contributed by atoms with Gasteiger partial charge in [-0.2, -0.15) is 0 Å². The van der Waals surface area contributed by atoms with E-state index in [1.54, 1.807) is 35.9 Å². The number of nitrogens with one attached hydrogen (secondary N) is 1. The van der Waals surface area contributed by atoms with E-state index in [9.17, 15) is 9.59 Å². The van der Waals surface area contributed by atoms with Gasteiger partial charge in [0.1, 0.15) is 4.83 Å². The van der Waals surface area contributed by atoms with Crippen LogP contribution in [0, 0.1) is 9.81 Å². The minimum Gasteiger partial charge on any atom is -0.332 e. The van der Waals surface area contributed by atoms with Gasteiger partial charge in [-0.25, -0.2) is 0 Å². The van der Waals surface area contributed by atoms with Gasteiger partial charge in [-0.05, 0) is 65.4 Å². The van der Waals surface area contributed by atoms with E-state index in [4.69, 9.17) is 11.6 Å². The number of aromatic nitrogens is 2. The number of halogens is 2. The van der Waals surface area contributed by atoms with Crippen LogP contribution < -0.4 is 5.32 Å². The Hall–Kier alpha value is -2.23. The Morgan fingerprint density at radius 1 is 1.17 bits per heavy atom. The largest absolute Gasteiger partial charge is 0.332 e. The van der Waals surface area contributed by atoms with Gasteiger partial charge in [0.05, 0.1) is 8.45 Å². The van der Waals surface area contributed by atoms with Crippen LogP contribution in [0.3, 0.4) is 0 Å². The van der Waals surface area contributed by atoms with E-state index in [0.29, 0.717) is 22.8 Å². The highest BCUT2D eigenvalue weighted by molar-refractivity contribution is 14.1. The number of fused-ring (bicyclic) bond motifs is 1. The number of rotatable bonds is 5. The zero-order chi connectivity index (χ0) is 20.5. The first-order valence-corrected chi connectivity index (χ1v) is 11.0. The van der Waals surface area contributed by atoms with Gasteiger partial charge in [-0.3, -0.25) is 14.6 Å². The summed E-state index contributed by atoms with van der Waals surface area (Å²) in [6.45, 7) is 2.47. The second kappa shape index (κ2) is 8.25. The van der Waals surface area contributed by atoms with E-state index < -0.39 is 11.7 Å². The molecule has 4 rings (SSSR count). The Bertz CT molecular complexity index is 1220. The highest BCUT2D eigenvalue weighted by Crippen LogP contribution is 2.35. The number of Topliss-reactive ketones (excluding diaryl/α,β-unsaturated/α-hetero) is 1. The van der Waals surface area contributed by atoms with Crippen molar-refractivity contribution < 1.29 is 9.59 Å². The lowest BCUT2D eigenvalue weighted by molar-refractivity contribution is -0.112. The smallest absolute Gasteiger partial charge is 0.296 e. The molecule has 0 saturated heterocycles. The number of benzene rings is 1. The van der Waals surface area contributed by atoms with Crippen LogP contribution in [0.1, 0.15) is 21.6 Å². The highest BCUT2D eigenvalue weighted by Gasteiger charge is 2.26. The van der Waals surface area contributed by atoms with Gasteiger partial charge in [-0.1, -0.05) is 23.7 Å². The molecule has 0 aliphatic carbocycles. The summed E-state index contributed by atoms with van der Waals surface area (Å²) in [6, 6.07) is 12.9.